The van der Waals surface area contributed by atoms with Gasteiger partial charge in [-0.25, -0.2) is 4.68 Å². The summed E-state index contributed by atoms with van der Waals surface area (Å²) in [7, 11) is 3.11. The lowest BCUT2D eigenvalue weighted by Crippen LogP contribution is -2.18. The Labute approximate surface area is 135 Å². The first-order valence-electron chi connectivity index (χ1n) is 7.71. The molecule has 122 valence electrons. The third-order valence-electron chi connectivity index (χ3n) is 4.25. The summed E-state index contributed by atoms with van der Waals surface area (Å²) in [4.78, 5) is 12.5. The van der Waals surface area contributed by atoms with Crippen LogP contribution in [0.5, 0.6) is 11.5 Å². The summed E-state index contributed by atoms with van der Waals surface area (Å²) in [6, 6.07) is 7.21. The first kappa shape index (κ1) is 15.4. The van der Waals surface area contributed by atoms with Crippen LogP contribution in [0.25, 0.3) is 0 Å². The van der Waals surface area contributed by atoms with E-state index < -0.39 is 0 Å². The van der Waals surface area contributed by atoms with Gasteiger partial charge in [0.15, 0.2) is 11.5 Å². The lowest BCUT2D eigenvalue weighted by Gasteiger charge is -2.15. The summed E-state index contributed by atoms with van der Waals surface area (Å²) >= 11 is 0. The van der Waals surface area contributed by atoms with Crippen LogP contribution in [0.4, 0.5) is 5.82 Å². The maximum atomic E-state index is 12.5. The minimum absolute atomic E-state index is 0.198. The minimum Gasteiger partial charge on any atom is -0.493 e. The van der Waals surface area contributed by atoms with Gasteiger partial charge in [-0.3, -0.25) is 4.79 Å². The molecule has 1 amide bonds. The maximum absolute atomic E-state index is 12.5. The molecule has 0 spiro atoms. The molecule has 1 heterocycles. The fourth-order valence-corrected chi connectivity index (χ4v) is 2.68. The molecule has 0 bridgehead atoms. The number of amides is 1. The quantitative estimate of drug-likeness (QED) is 0.889. The van der Waals surface area contributed by atoms with Crippen LogP contribution >= 0.6 is 0 Å². The fourth-order valence-electron chi connectivity index (χ4n) is 2.68. The Balaban J connectivity index is 1.78. The highest BCUT2D eigenvalue weighted by Crippen LogP contribution is 2.40. The number of nitrogens with zero attached hydrogens (tertiary/aromatic N) is 2. The number of hydrogen-bond acceptors (Lipinski definition) is 4. The monoisotopic (exact) mass is 315 g/mol. The van der Waals surface area contributed by atoms with Crippen LogP contribution in [0.15, 0.2) is 30.5 Å². The zero-order chi connectivity index (χ0) is 16.4. The standard InChI is InChI=1S/C17H21N3O3/c1-11(12-4-5-12)20-16(8-9-18-20)19-17(21)13-6-7-14(22-2)15(10-13)23-3/h6-12H,4-5H2,1-3H3,(H,19,21). The second-order valence-electron chi connectivity index (χ2n) is 5.76. The van der Waals surface area contributed by atoms with Gasteiger partial charge < -0.3 is 14.8 Å². The van der Waals surface area contributed by atoms with E-state index in [4.69, 9.17) is 9.47 Å². The summed E-state index contributed by atoms with van der Waals surface area (Å²) in [5, 5.41) is 7.27. The molecule has 6 nitrogen and oxygen atoms in total. The average molecular weight is 315 g/mol. The first-order chi connectivity index (χ1) is 11.1. The second-order valence-corrected chi connectivity index (χ2v) is 5.76. The van der Waals surface area contributed by atoms with Gasteiger partial charge in [0.05, 0.1) is 26.5 Å². The molecule has 0 saturated heterocycles. The van der Waals surface area contributed by atoms with Crippen molar-refractivity contribution in [2.24, 2.45) is 5.92 Å². The number of methoxy groups -OCH3 is 2. The molecule has 1 N–H and O–H groups in total. The molecule has 1 aromatic carbocycles. The average Bonchev–Trinajstić information content (AvgIpc) is 3.33. The summed E-state index contributed by atoms with van der Waals surface area (Å²) in [6.07, 6.45) is 4.16. The van der Waals surface area contributed by atoms with E-state index in [2.05, 4.69) is 17.3 Å². The summed E-state index contributed by atoms with van der Waals surface area (Å²) < 4.78 is 12.3. The molecule has 2 aromatic rings. The molecule has 1 atom stereocenters. The van der Waals surface area contributed by atoms with Crippen molar-refractivity contribution in [2.75, 3.05) is 19.5 Å². The molecule has 1 unspecified atom stereocenters. The van der Waals surface area contributed by atoms with Crippen molar-refractivity contribution in [2.45, 2.75) is 25.8 Å². The Morgan fingerprint density at radius 3 is 2.65 bits per heavy atom. The van der Waals surface area contributed by atoms with Gasteiger partial charge in [-0.1, -0.05) is 0 Å². The first-order valence-corrected chi connectivity index (χ1v) is 7.71. The van der Waals surface area contributed by atoms with Gasteiger partial charge in [0, 0.05) is 11.6 Å². The Morgan fingerprint density at radius 2 is 2.00 bits per heavy atom. The lowest BCUT2D eigenvalue weighted by atomic mass is 10.2. The van der Waals surface area contributed by atoms with Gasteiger partial charge in [0.1, 0.15) is 5.82 Å². The van der Waals surface area contributed by atoms with Gasteiger partial charge in [0.25, 0.3) is 5.91 Å². The number of carbonyl (C=O) groups excluding carboxylic acids is 1. The van der Waals surface area contributed by atoms with Gasteiger partial charge in [-0.15, -0.1) is 0 Å². The van der Waals surface area contributed by atoms with Crippen molar-refractivity contribution in [3.63, 3.8) is 0 Å². The van der Waals surface area contributed by atoms with E-state index in [0.717, 1.165) is 0 Å². The van der Waals surface area contributed by atoms with Crippen LogP contribution in [-0.2, 0) is 0 Å². The van der Waals surface area contributed by atoms with E-state index in [9.17, 15) is 4.79 Å². The molecule has 0 radical (unpaired) electrons. The van der Waals surface area contributed by atoms with Crippen LogP contribution < -0.4 is 14.8 Å². The predicted molar refractivity (Wildman–Crippen MR) is 87.2 cm³/mol. The SMILES string of the molecule is COc1ccc(C(=O)Nc2ccnn2C(C)C2CC2)cc1OC. The second kappa shape index (κ2) is 6.32. The molecule has 1 aliphatic carbocycles. The number of carbonyl (C=O) groups is 1. The fraction of sp³-hybridized carbons (Fsp3) is 0.412. The molecule has 3 rings (SSSR count). The van der Waals surface area contributed by atoms with E-state index in [-0.39, 0.29) is 5.91 Å². The Bertz CT molecular complexity index is 707. The van der Waals surface area contributed by atoms with Crippen molar-refractivity contribution >= 4 is 11.7 Å². The number of rotatable bonds is 6. The molecule has 1 fully saturated rings. The Hall–Kier alpha value is -2.50. The third kappa shape index (κ3) is 3.16. The molecular formula is C17H21N3O3. The number of ether oxygens (including phenoxy) is 2. The Kier molecular flexibility index (Phi) is 4.23. The van der Waals surface area contributed by atoms with Crippen LogP contribution in [0.2, 0.25) is 0 Å². The topological polar surface area (TPSA) is 65.4 Å². The zero-order valence-corrected chi connectivity index (χ0v) is 13.6. The van der Waals surface area contributed by atoms with Gasteiger partial charge in [-0.2, -0.15) is 5.10 Å². The van der Waals surface area contributed by atoms with Gasteiger partial charge in [-0.05, 0) is 43.9 Å². The number of aromatic nitrogens is 2. The van der Waals surface area contributed by atoms with E-state index in [0.29, 0.717) is 34.8 Å². The highest BCUT2D eigenvalue weighted by Gasteiger charge is 2.30. The minimum atomic E-state index is -0.198. The summed E-state index contributed by atoms with van der Waals surface area (Å²) in [5.41, 5.74) is 0.509. The number of anilines is 1. The maximum Gasteiger partial charge on any atom is 0.256 e. The number of hydrogen-bond donors (Lipinski definition) is 1. The van der Waals surface area contributed by atoms with Crippen molar-refractivity contribution in [3.05, 3.63) is 36.0 Å². The molecule has 6 heteroatoms. The van der Waals surface area contributed by atoms with Gasteiger partial charge in [0.2, 0.25) is 0 Å². The highest BCUT2D eigenvalue weighted by atomic mass is 16.5. The van der Waals surface area contributed by atoms with E-state index in [1.807, 2.05) is 10.7 Å². The molecule has 23 heavy (non-hydrogen) atoms. The lowest BCUT2D eigenvalue weighted by molar-refractivity contribution is 0.102. The highest BCUT2D eigenvalue weighted by molar-refractivity contribution is 6.04. The third-order valence-corrected chi connectivity index (χ3v) is 4.25. The summed E-state index contributed by atoms with van der Waals surface area (Å²) in [6.45, 7) is 2.14. The van der Waals surface area contributed by atoms with Crippen molar-refractivity contribution in [1.82, 2.24) is 9.78 Å². The molecular weight excluding hydrogens is 294 g/mol. The largest absolute Gasteiger partial charge is 0.493 e. The Morgan fingerprint density at radius 1 is 1.26 bits per heavy atom. The zero-order valence-electron chi connectivity index (χ0n) is 13.6. The predicted octanol–water partition coefficient (Wildman–Crippen LogP) is 3.12. The van der Waals surface area contributed by atoms with Crippen molar-refractivity contribution in [1.29, 1.82) is 0 Å². The van der Waals surface area contributed by atoms with E-state index in [1.54, 1.807) is 38.6 Å². The summed E-state index contributed by atoms with van der Waals surface area (Å²) in [5.74, 6) is 2.29. The molecule has 1 aliphatic rings. The van der Waals surface area contributed by atoms with Crippen LogP contribution in [0, 0.1) is 5.92 Å². The molecule has 1 saturated carbocycles. The van der Waals surface area contributed by atoms with Gasteiger partial charge >= 0.3 is 0 Å². The van der Waals surface area contributed by atoms with Crippen molar-refractivity contribution in [3.8, 4) is 11.5 Å². The van der Waals surface area contributed by atoms with E-state index >= 15 is 0 Å². The number of benzene rings is 1. The van der Waals surface area contributed by atoms with Crippen LogP contribution in [0.1, 0.15) is 36.2 Å². The smallest absolute Gasteiger partial charge is 0.256 e. The van der Waals surface area contributed by atoms with Crippen LogP contribution in [-0.4, -0.2) is 29.9 Å². The molecule has 0 aliphatic heterocycles. The number of nitrogens with one attached hydrogen (secondary N) is 1. The van der Waals surface area contributed by atoms with E-state index in [1.165, 1.54) is 12.8 Å². The van der Waals surface area contributed by atoms with Crippen molar-refractivity contribution < 1.29 is 14.3 Å². The molecule has 1 aromatic heterocycles. The normalized spacial score (nSPS) is 15.1. The van der Waals surface area contributed by atoms with Crippen LogP contribution in [0.3, 0.4) is 0 Å².